The van der Waals surface area contributed by atoms with Gasteiger partial charge in [0.1, 0.15) is 10.6 Å². The quantitative estimate of drug-likeness (QED) is 0.826. The smallest absolute Gasteiger partial charge is 0.263 e. The van der Waals surface area contributed by atoms with Gasteiger partial charge in [-0.3, -0.25) is 9.71 Å². The van der Waals surface area contributed by atoms with E-state index >= 15 is 0 Å². The molecule has 0 amide bonds. The second-order valence-corrected chi connectivity index (χ2v) is 5.44. The molecule has 0 saturated carbocycles. The van der Waals surface area contributed by atoms with Crippen LogP contribution in [0.1, 0.15) is 0 Å². The van der Waals surface area contributed by atoms with Crippen LogP contribution >= 0.6 is 0 Å². The van der Waals surface area contributed by atoms with Crippen LogP contribution in [0.3, 0.4) is 0 Å². The summed E-state index contributed by atoms with van der Waals surface area (Å²) >= 11 is 0. The highest BCUT2D eigenvalue weighted by atomic mass is 32.2. The second-order valence-electron chi connectivity index (χ2n) is 3.75. The van der Waals surface area contributed by atoms with Crippen molar-refractivity contribution in [1.82, 2.24) is 4.98 Å². The zero-order valence-electron chi connectivity index (χ0n) is 10.2. The molecule has 2 rings (SSSR count). The average molecular weight is 279 g/mol. The SMILES string of the molecule is COc1cc(N)ccc1NS(=O)(=O)c1cccnc1. The van der Waals surface area contributed by atoms with Gasteiger partial charge in [-0.1, -0.05) is 0 Å². The van der Waals surface area contributed by atoms with Gasteiger partial charge >= 0.3 is 0 Å². The van der Waals surface area contributed by atoms with Crippen LogP contribution in [0.2, 0.25) is 0 Å². The first-order valence-electron chi connectivity index (χ1n) is 5.39. The van der Waals surface area contributed by atoms with Crippen LogP contribution in [-0.4, -0.2) is 20.5 Å². The van der Waals surface area contributed by atoms with Crippen molar-refractivity contribution in [2.45, 2.75) is 4.90 Å². The Morgan fingerprint density at radius 3 is 2.74 bits per heavy atom. The van der Waals surface area contributed by atoms with Crippen LogP contribution in [0.5, 0.6) is 5.75 Å². The molecule has 0 radical (unpaired) electrons. The molecule has 1 aromatic carbocycles. The summed E-state index contributed by atoms with van der Waals surface area (Å²) in [6.07, 6.45) is 2.77. The van der Waals surface area contributed by atoms with Gasteiger partial charge in [0.25, 0.3) is 10.0 Å². The first-order chi connectivity index (χ1) is 9.03. The summed E-state index contributed by atoms with van der Waals surface area (Å²) < 4.78 is 31.8. The molecule has 1 aromatic heterocycles. The molecule has 0 unspecified atom stereocenters. The van der Waals surface area contributed by atoms with Gasteiger partial charge in [-0.2, -0.15) is 0 Å². The maximum atomic E-state index is 12.1. The normalized spacial score (nSPS) is 11.0. The van der Waals surface area contributed by atoms with Crippen molar-refractivity contribution in [3.8, 4) is 5.75 Å². The minimum absolute atomic E-state index is 0.0777. The van der Waals surface area contributed by atoms with Crippen molar-refractivity contribution in [3.63, 3.8) is 0 Å². The molecular weight excluding hydrogens is 266 g/mol. The van der Waals surface area contributed by atoms with Gasteiger partial charge in [0.05, 0.1) is 12.8 Å². The number of ether oxygens (including phenoxy) is 1. The molecule has 19 heavy (non-hydrogen) atoms. The van der Waals surface area contributed by atoms with E-state index in [4.69, 9.17) is 10.5 Å². The Hall–Kier alpha value is -2.28. The topological polar surface area (TPSA) is 94.3 Å². The summed E-state index contributed by atoms with van der Waals surface area (Å²) in [5.41, 5.74) is 6.42. The van der Waals surface area contributed by atoms with Crippen LogP contribution in [0.15, 0.2) is 47.6 Å². The summed E-state index contributed by atoms with van der Waals surface area (Å²) in [6.45, 7) is 0. The molecule has 0 atom stereocenters. The molecule has 0 fully saturated rings. The van der Waals surface area contributed by atoms with Gasteiger partial charge in [-0.15, -0.1) is 0 Å². The van der Waals surface area contributed by atoms with E-state index in [1.54, 1.807) is 24.3 Å². The third-order valence-corrected chi connectivity index (χ3v) is 3.77. The summed E-state index contributed by atoms with van der Waals surface area (Å²) in [6, 6.07) is 7.68. The first-order valence-corrected chi connectivity index (χ1v) is 6.87. The number of anilines is 2. The van der Waals surface area contributed by atoms with Crippen molar-refractivity contribution < 1.29 is 13.2 Å². The number of hydrogen-bond acceptors (Lipinski definition) is 5. The molecule has 0 aliphatic heterocycles. The fourth-order valence-corrected chi connectivity index (χ4v) is 2.54. The van der Waals surface area contributed by atoms with E-state index < -0.39 is 10.0 Å². The standard InChI is InChI=1S/C12H13N3O3S/c1-18-12-7-9(13)4-5-11(12)15-19(16,17)10-3-2-6-14-8-10/h2-8,15H,13H2,1H3. The molecule has 6 nitrogen and oxygen atoms in total. The Labute approximate surface area is 111 Å². The zero-order chi connectivity index (χ0) is 13.9. The number of hydrogen-bond donors (Lipinski definition) is 2. The van der Waals surface area contributed by atoms with Crippen molar-refractivity contribution in [3.05, 3.63) is 42.7 Å². The van der Waals surface area contributed by atoms with Crippen LogP contribution in [-0.2, 0) is 10.0 Å². The largest absolute Gasteiger partial charge is 0.494 e. The molecule has 0 bridgehead atoms. The highest BCUT2D eigenvalue weighted by Crippen LogP contribution is 2.28. The number of benzene rings is 1. The number of nitrogen functional groups attached to an aromatic ring is 1. The van der Waals surface area contributed by atoms with E-state index in [1.165, 1.54) is 25.6 Å². The highest BCUT2D eigenvalue weighted by molar-refractivity contribution is 7.92. The third-order valence-electron chi connectivity index (χ3n) is 2.41. The molecule has 7 heteroatoms. The lowest BCUT2D eigenvalue weighted by molar-refractivity contribution is 0.417. The molecule has 1 heterocycles. The van der Waals surface area contributed by atoms with Crippen molar-refractivity contribution in [2.75, 3.05) is 17.6 Å². The third kappa shape index (κ3) is 2.94. The van der Waals surface area contributed by atoms with Crippen molar-refractivity contribution in [2.24, 2.45) is 0 Å². The van der Waals surface area contributed by atoms with Crippen LogP contribution < -0.4 is 15.2 Å². The number of methoxy groups -OCH3 is 1. The van der Waals surface area contributed by atoms with E-state index in [0.29, 0.717) is 17.1 Å². The molecule has 0 aliphatic rings. The van der Waals surface area contributed by atoms with Gasteiger partial charge in [0.15, 0.2) is 0 Å². The predicted octanol–water partition coefficient (Wildman–Crippen LogP) is 1.47. The molecule has 3 N–H and O–H groups in total. The fraction of sp³-hybridized carbons (Fsp3) is 0.0833. The van der Waals surface area contributed by atoms with Crippen LogP contribution in [0.4, 0.5) is 11.4 Å². The number of rotatable bonds is 4. The van der Waals surface area contributed by atoms with Gasteiger partial charge in [0.2, 0.25) is 0 Å². The maximum absolute atomic E-state index is 12.1. The van der Waals surface area contributed by atoms with Gasteiger partial charge in [0, 0.05) is 24.1 Å². The monoisotopic (exact) mass is 279 g/mol. The van der Waals surface area contributed by atoms with E-state index in [1.807, 2.05) is 0 Å². The Morgan fingerprint density at radius 1 is 1.32 bits per heavy atom. The van der Waals surface area contributed by atoms with Crippen LogP contribution in [0, 0.1) is 0 Å². The van der Waals surface area contributed by atoms with E-state index in [2.05, 4.69) is 9.71 Å². The average Bonchev–Trinajstić information content (AvgIpc) is 2.41. The lowest BCUT2D eigenvalue weighted by Gasteiger charge is -2.12. The lowest BCUT2D eigenvalue weighted by Crippen LogP contribution is -2.13. The summed E-state index contributed by atoms with van der Waals surface area (Å²) in [4.78, 5) is 3.86. The minimum Gasteiger partial charge on any atom is -0.494 e. The molecule has 2 aromatic rings. The number of nitrogens with two attached hydrogens (primary N) is 1. The Kier molecular flexibility index (Phi) is 3.57. The number of nitrogens with one attached hydrogen (secondary N) is 1. The summed E-state index contributed by atoms with van der Waals surface area (Å²) in [5.74, 6) is 0.354. The Bertz CT molecular complexity index is 672. The molecule has 0 aliphatic carbocycles. The highest BCUT2D eigenvalue weighted by Gasteiger charge is 2.16. The lowest BCUT2D eigenvalue weighted by atomic mass is 10.2. The van der Waals surface area contributed by atoms with E-state index in [-0.39, 0.29) is 4.90 Å². The minimum atomic E-state index is -3.69. The van der Waals surface area contributed by atoms with Crippen molar-refractivity contribution in [1.29, 1.82) is 0 Å². The van der Waals surface area contributed by atoms with E-state index in [0.717, 1.165) is 0 Å². The molecule has 0 saturated heterocycles. The second kappa shape index (κ2) is 5.15. The number of pyridine rings is 1. The fourth-order valence-electron chi connectivity index (χ4n) is 1.50. The zero-order valence-corrected chi connectivity index (χ0v) is 11.0. The Balaban J connectivity index is 2.36. The molecule has 0 spiro atoms. The molecular formula is C12H13N3O3S. The molecule has 100 valence electrons. The summed E-state index contributed by atoms with van der Waals surface area (Å²) in [7, 11) is -2.25. The first kappa shape index (κ1) is 13.2. The maximum Gasteiger partial charge on any atom is 0.263 e. The summed E-state index contributed by atoms with van der Waals surface area (Å²) in [5, 5.41) is 0. The number of nitrogens with zero attached hydrogens (tertiary/aromatic N) is 1. The van der Waals surface area contributed by atoms with Gasteiger partial charge in [-0.25, -0.2) is 8.42 Å². The van der Waals surface area contributed by atoms with Gasteiger partial charge in [-0.05, 0) is 24.3 Å². The van der Waals surface area contributed by atoms with Gasteiger partial charge < -0.3 is 10.5 Å². The Morgan fingerprint density at radius 2 is 2.11 bits per heavy atom. The predicted molar refractivity (Wildman–Crippen MR) is 72.5 cm³/mol. The van der Waals surface area contributed by atoms with Crippen LogP contribution in [0.25, 0.3) is 0 Å². The number of aromatic nitrogens is 1. The number of sulfonamides is 1. The van der Waals surface area contributed by atoms with Crippen molar-refractivity contribution >= 4 is 21.4 Å². The van der Waals surface area contributed by atoms with E-state index in [9.17, 15) is 8.42 Å².